The quantitative estimate of drug-likeness (QED) is 0.693. The Kier molecular flexibility index (Phi) is 2.64. The average molecular weight is 268 g/mol. The molecule has 0 spiro atoms. The van der Waals surface area contributed by atoms with Gasteiger partial charge in [0.15, 0.2) is 11.5 Å². The number of aryl methyl sites for hydroxylation is 1. The van der Waals surface area contributed by atoms with Crippen LogP contribution in [-0.2, 0) is 0 Å². The van der Waals surface area contributed by atoms with Crippen LogP contribution in [0.25, 0.3) is 17.0 Å². The monoisotopic (exact) mass is 268 g/mol. The van der Waals surface area contributed by atoms with Crippen LogP contribution in [0.15, 0.2) is 36.5 Å². The van der Waals surface area contributed by atoms with Gasteiger partial charge in [0.1, 0.15) is 0 Å². The Morgan fingerprint density at radius 3 is 2.85 bits per heavy atom. The maximum atomic E-state index is 11.2. The molecule has 0 saturated carbocycles. The number of fused-ring (bicyclic) bond motifs is 1. The number of nitrogen functional groups attached to an aromatic ring is 1. The van der Waals surface area contributed by atoms with Crippen molar-refractivity contribution in [3.8, 4) is 11.4 Å². The number of hydrogen-bond acceptors (Lipinski definition) is 4. The van der Waals surface area contributed by atoms with Crippen molar-refractivity contribution < 1.29 is 9.90 Å². The highest BCUT2D eigenvalue weighted by molar-refractivity contribution is 5.96. The van der Waals surface area contributed by atoms with Crippen molar-refractivity contribution in [3.05, 3.63) is 47.7 Å². The van der Waals surface area contributed by atoms with E-state index in [1.807, 2.05) is 30.5 Å². The number of carbonyl (C=O) groups is 1. The predicted molar refractivity (Wildman–Crippen MR) is 74.5 cm³/mol. The van der Waals surface area contributed by atoms with E-state index >= 15 is 0 Å². The minimum atomic E-state index is -1.05. The van der Waals surface area contributed by atoms with Crippen LogP contribution < -0.4 is 5.73 Å². The molecule has 2 aromatic heterocycles. The third-order valence-electron chi connectivity index (χ3n) is 3.19. The Morgan fingerprint density at radius 1 is 1.30 bits per heavy atom. The molecule has 6 nitrogen and oxygen atoms in total. The van der Waals surface area contributed by atoms with Crippen LogP contribution in [0.3, 0.4) is 0 Å². The lowest BCUT2D eigenvalue weighted by Crippen LogP contribution is -2.05. The minimum absolute atomic E-state index is 0.0766. The van der Waals surface area contributed by atoms with Crippen LogP contribution in [0.2, 0.25) is 0 Å². The first kappa shape index (κ1) is 12.2. The molecule has 0 bridgehead atoms. The van der Waals surface area contributed by atoms with E-state index in [4.69, 9.17) is 5.73 Å². The Morgan fingerprint density at radius 2 is 2.10 bits per heavy atom. The number of pyridine rings is 1. The lowest BCUT2D eigenvalue weighted by Gasteiger charge is -2.08. The number of anilines is 1. The normalized spacial score (nSPS) is 10.8. The fraction of sp³-hybridized carbons (Fsp3) is 0.0714. The van der Waals surface area contributed by atoms with E-state index in [9.17, 15) is 9.90 Å². The number of rotatable bonds is 2. The molecule has 3 N–H and O–H groups in total. The molecule has 20 heavy (non-hydrogen) atoms. The van der Waals surface area contributed by atoms with Crippen LogP contribution in [0.1, 0.15) is 15.9 Å². The van der Waals surface area contributed by atoms with Gasteiger partial charge in [-0.3, -0.25) is 4.40 Å². The fourth-order valence-corrected chi connectivity index (χ4v) is 2.14. The second-order valence-electron chi connectivity index (χ2n) is 4.51. The Bertz CT molecular complexity index is 823. The number of nitrogens with two attached hydrogens (primary N) is 1. The van der Waals surface area contributed by atoms with E-state index in [-0.39, 0.29) is 11.3 Å². The van der Waals surface area contributed by atoms with Gasteiger partial charge in [-0.1, -0.05) is 6.07 Å². The van der Waals surface area contributed by atoms with Crippen molar-refractivity contribution in [2.75, 3.05) is 5.73 Å². The molecular weight excluding hydrogens is 256 g/mol. The Hall–Kier alpha value is -2.89. The molecule has 0 amide bonds. The van der Waals surface area contributed by atoms with Gasteiger partial charge in [0.05, 0.1) is 5.56 Å². The van der Waals surface area contributed by atoms with Gasteiger partial charge in [-0.2, -0.15) is 0 Å². The lowest BCUT2D eigenvalue weighted by molar-refractivity contribution is 0.0698. The molecule has 0 unspecified atom stereocenters. The molecular formula is C14H12N4O2. The van der Waals surface area contributed by atoms with E-state index in [2.05, 4.69) is 10.2 Å². The van der Waals surface area contributed by atoms with E-state index in [1.54, 1.807) is 11.3 Å². The zero-order valence-corrected chi connectivity index (χ0v) is 10.7. The topological polar surface area (TPSA) is 93.5 Å². The number of nitrogens with zero attached hydrogens (tertiary/aromatic N) is 3. The molecule has 3 rings (SSSR count). The summed E-state index contributed by atoms with van der Waals surface area (Å²) < 4.78 is 1.80. The van der Waals surface area contributed by atoms with E-state index in [0.29, 0.717) is 22.6 Å². The molecule has 0 aliphatic heterocycles. The van der Waals surface area contributed by atoms with Crippen molar-refractivity contribution in [3.63, 3.8) is 0 Å². The molecule has 0 radical (unpaired) electrons. The number of hydrogen-bond donors (Lipinski definition) is 2. The van der Waals surface area contributed by atoms with Gasteiger partial charge < -0.3 is 10.8 Å². The van der Waals surface area contributed by atoms with Crippen molar-refractivity contribution in [1.82, 2.24) is 14.6 Å². The maximum Gasteiger partial charge on any atom is 0.337 e. The van der Waals surface area contributed by atoms with E-state index in [1.165, 1.54) is 6.07 Å². The molecule has 6 heteroatoms. The van der Waals surface area contributed by atoms with Crippen LogP contribution in [0, 0.1) is 6.92 Å². The van der Waals surface area contributed by atoms with E-state index in [0.717, 1.165) is 0 Å². The molecule has 1 aromatic carbocycles. The number of aromatic carboxylic acids is 1. The second-order valence-corrected chi connectivity index (χ2v) is 4.51. The first-order valence-corrected chi connectivity index (χ1v) is 6.01. The van der Waals surface area contributed by atoms with Crippen LogP contribution in [-0.4, -0.2) is 25.7 Å². The number of carboxylic acid groups (broad SMARTS) is 1. The zero-order chi connectivity index (χ0) is 14.3. The van der Waals surface area contributed by atoms with Crippen LogP contribution >= 0.6 is 0 Å². The summed E-state index contributed by atoms with van der Waals surface area (Å²) in [5.41, 5.74) is 8.22. The second kappa shape index (κ2) is 4.34. The molecule has 0 saturated heterocycles. The van der Waals surface area contributed by atoms with E-state index < -0.39 is 5.97 Å². The minimum Gasteiger partial charge on any atom is -0.478 e. The molecule has 0 atom stereocenters. The summed E-state index contributed by atoms with van der Waals surface area (Å²) in [5.74, 6) is -0.465. The van der Waals surface area contributed by atoms with Gasteiger partial charge >= 0.3 is 5.97 Å². The highest BCUT2D eigenvalue weighted by Gasteiger charge is 2.15. The molecule has 0 aliphatic rings. The summed E-state index contributed by atoms with van der Waals surface area (Å²) in [6, 6.07) is 8.89. The van der Waals surface area contributed by atoms with Gasteiger partial charge in [0, 0.05) is 17.4 Å². The summed E-state index contributed by atoms with van der Waals surface area (Å²) in [6.07, 6.45) is 1.83. The highest BCUT2D eigenvalue weighted by Crippen LogP contribution is 2.26. The third kappa shape index (κ3) is 1.78. The molecule has 2 heterocycles. The summed E-state index contributed by atoms with van der Waals surface area (Å²) in [4.78, 5) is 11.2. The SMILES string of the molecule is Cc1cc(-c2nnc3ccccn23)cc(C(=O)O)c1N. The number of aromatic nitrogens is 3. The maximum absolute atomic E-state index is 11.2. The average Bonchev–Trinajstić information content (AvgIpc) is 2.85. The highest BCUT2D eigenvalue weighted by atomic mass is 16.4. The summed E-state index contributed by atoms with van der Waals surface area (Å²) >= 11 is 0. The van der Waals surface area contributed by atoms with Crippen molar-refractivity contribution >= 4 is 17.3 Å². The van der Waals surface area contributed by atoms with Crippen molar-refractivity contribution in [1.29, 1.82) is 0 Å². The van der Waals surface area contributed by atoms with Crippen molar-refractivity contribution in [2.45, 2.75) is 6.92 Å². The first-order chi connectivity index (χ1) is 9.58. The van der Waals surface area contributed by atoms with Crippen LogP contribution in [0.5, 0.6) is 0 Å². The smallest absolute Gasteiger partial charge is 0.337 e. The van der Waals surface area contributed by atoms with Gasteiger partial charge in [-0.25, -0.2) is 4.79 Å². The summed E-state index contributed by atoms with van der Waals surface area (Å²) in [5, 5.41) is 17.4. The number of benzene rings is 1. The molecule has 0 fully saturated rings. The number of carboxylic acids is 1. The first-order valence-electron chi connectivity index (χ1n) is 6.01. The largest absolute Gasteiger partial charge is 0.478 e. The zero-order valence-electron chi connectivity index (χ0n) is 10.7. The Labute approximate surface area is 114 Å². The van der Waals surface area contributed by atoms with Gasteiger partial charge in [-0.15, -0.1) is 10.2 Å². The molecule has 3 aromatic rings. The lowest BCUT2D eigenvalue weighted by atomic mass is 10.0. The van der Waals surface area contributed by atoms with Crippen LogP contribution in [0.4, 0.5) is 5.69 Å². The Balaban J connectivity index is 2.27. The third-order valence-corrected chi connectivity index (χ3v) is 3.19. The summed E-state index contributed by atoms with van der Waals surface area (Å²) in [7, 11) is 0. The summed E-state index contributed by atoms with van der Waals surface area (Å²) in [6.45, 7) is 1.77. The molecule has 100 valence electrons. The van der Waals surface area contributed by atoms with Gasteiger partial charge in [-0.05, 0) is 36.8 Å². The standard InChI is InChI=1S/C14H12N4O2/c1-8-6-9(7-10(12(8)15)14(19)20)13-17-16-11-4-2-3-5-18(11)13/h2-7H,15H2,1H3,(H,19,20). The molecule has 0 aliphatic carbocycles. The predicted octanol–water partition coefficient (Wildman–Crippen LogP) is 1.99. The fourth-order valence-electron chi connectivity index (χ4n) is 2.14. The van der Waals surface area contributed by atoms with Gasteiger partial charge in [0.2, 0.25) is 0 Å². The van der Waals surface area contributed by atoms with Gasteiger partial charge in [0.25, 0.3) is 0 Å². The van der Waals surface area contributed by atoms with Crippen molar-refractivity contribution in [2.24, 2.45) is 0 Å².